The van der Waals surface area contributed by atoms with E-state index < -0.39 is 23.2 Å². The largest absolute Gasteiger partial charge is 0.437 e. The number of aliphatic hydroxyl groups excluding tert-OH is 1. The summed E-state index contributed by atoms with van der Waals surface area (Å²) in [4.78, 5) is 8.72. The molecule has 1 aromatic carbocycles. The fourth-order valence-electron chi connectivity index (χ4n) is 3.95. The van der Waals surface area contributed by atoms with Crippen LogP contribution < -0.4 is 9.80 Å². The van der Waals surface area contributed by atoms with Crippen LogP contribution >= 0.6 is 11.8 Å². The van der Waals surface area contributed by atoms with Crippen LogP contribution in [0.1, 0.15) is 44.7 Å². The zero-order valence-electron chi connectivity index (χ0n) is 18.9. The number of hydrogen-bond acceptors (Lipinski definition) is 7. The van der Waals surface area contributed by atoms with Gasteiger partial charge in [-0.2, -0.15) is 18.2 Å². The van der Waals surface area contributed by atoms with Gasteiger partial charge in [0.2, 0.25) is 0 Å². The first kappa shape index (κ1) is 24.7. The number of aliphatic hydroxyl groups is 2. The van der Waals surface area contributed by atoms with Crippen molar-refractivity contribution in [1.82, 2.24) is 4.98 Å². The smallest absolute Gasteiger partial charge is 0.425 e. The average molecular weight is 474 g/mol. The molecule has 0 bridgehead atoms. The molecule has 1 atom stereocenters. The topological polar surface area (TPSA) is 73.0 Å². The lowest BCUT2D eigenvalue weighted by molar-refractivity contribution is -0.144. The van der Waals surface area contributed by atoms with E-state index in [4.69, 9.17) is 4.42 Å². The first-order chi connectivity index (χ1) is 14.9. The summed E-state index contributed by atoms with van der Waals surface area (Å²) < 4.78 is 46.2. The van der Waals surface area contributed by atoms with Gasteiger partial charge >= 0.3 is 6.18 Å². The first-order valence-corrected chi connectivity index (χ1v) is 11.7. The number of nitrogens with zero attached hydrogens (tertiary/aromatic N) is 3. The predicted octanol–water partition coefficient (Wildman–Crippen LogP) is 4.49. The summed E-state index contributed by atoms with van der Waals surface area (Å²) in [6, 6.07) is 5.62. The van der Waals surface area contributed by atoms with E-state index in [2.05, 4.69) is 9.88 Å². The molecular formula is C22H30F3N3O3S. The molecule has 1 unspecified atom stereocenters. The van der Waals surface area contributed by atoms with Crippen molar-refractivity contribution in [2.75, 3.05) is 35.7 Å². The SMILES string of the molecule is CSc1cc(N2CCN(c3nc(C(F)(F)F)c(C(C)(C)O)o3)C(C(C)C)C2)ccc1CO. The number of piperazine rings is 1. The number of rotatable bonds is 6. The summed E-state index contributed by atoms with van der Waals surface area (Å²) >= 11 is 1.56. The highest BCUT2D eigenvalue weighted by Gasteiger charge is 2.44. The van der Waals surface area contributed by atoms with Crippen molar-refractivity contribution in [2.24, 2.45) is 5.92 Å². The van der Waals surface area contributed by atoms with Crippen LogP contribution in [-0.2, 0) is 18.4 Å². The molecule has 178 valence electrons. The van der Waals surface area contributed by atoms with Gasteiger partial charge in [-0.1, -0.05) is 19.9 Å². The lowest BCUT2D eigenvalue weighted by Crippen LogP contribution is -2.55. The number of hydrogen-bond donors (Lipinski definition) is 2. The van der Waals surface area contributed by atoms with Crippen molar-refractivity contribution in [1.29, 1.82) is 0 Å². The number of aromatic nitrogens is 1. The fraction of sp³-hybridized carbons (Fsp3) is 0.591. The van der Waals surface area contributed by atoms with E-state index in [0.717, 1.165) is 16.1 Å². The van der Waals surface area contributed by atoms with Crippen LogP contribution in [0.5, 0.6) is 0 Å². The summed E-state index contributed by atoms with van der Waals surface area (Å²) in [5.74, 6) is -0.463. The maximum Gasteiger partial charge on any atom is 0.437 e. The Labute approximate surface area is 190 Å². The van der Waals surface area contributed by atoms with Crippen molar-refractivity contribution < 1.29 is 27.8 Å². The lowest BCUT2D eigenvalue weighted by atomic mass is 9.99. The highest BCUT2D eigenvalue weighted by Crippen LogP contribution is 2.40. The Morgan fingerprint density at radius 1 is 1.25 bits per heavy atom. The van der Waals surface area contributed by atoms with Crippen LogP contribution in [0.2, 0.25) is 0 Å². The summed E-state index contributed by atoms with van der Waals surface area (Å²) in [6.45, 7) is 8.05. The molecule has 6 nitrogen and oxygen atoms in total. The van der Waals surface area contributed by atoms with Gasteiger partial charge in [0, 0.05) is 30.2 Å². The molecule has 32 heavy (non-hydrogen) atoms. The normalized spacial score (nSPS) is 18.0. The molecule has 2 aromatic rings. The fourth-order valence-corrected chi connectivity index (χ4v) is 4.59. The summed E-state index contributed by atoms with van der Waals surface area (Å²) in [5.41, 5.74) is -1.14. The van der Waals surface area contributed by atoms with Crippen molar-refractivity contribution >= 4 is 23.5 Å². The highest BCUT2D eigenvalue weighted by molar-refractivity contribution is 7.98. The number of anilines is 2. The molecule has 0 spiro atoms. The zero-order valence-corrected chi connectivity index (χ0v) is 19.7. The van der Waals surface area contributed by atoms with E-state index >= 15 is 0 Å². The minimum atomic E-state index is -4.73. The molecule has 2 heterocycles. The second-order valence-electron chi connectivity index (χ2n) is 8.84. The highest BCUT2D eigenvalue weighted by atomic mass is 32.2. The molecule has 0 amide bonds. The Kier molecular flexibility index (Phi) is 7.07. The summed E-state index contributed by atoms with van der Waals surface area (Å²) in [6.07, 6.45) is -2.77. The molecule has 0 aliphatic carbocycles. The van der Waals surface area contributed by atoms with E-state index in [1.165, 1.54) is 13.8 Å². The Morgan fingerprint density at radius 3 is 2.44 bits per heavy atom. The van der Waals surface area contributed by atoms with Gasteiger partial charge in [-0.05, 0) is 43.7 Å². The Hall–Kier alpha value is -1.91. The maximum absolute atomic E-state index is 13.6. The van der Waals surface area contributed by atoms with Crippen LogP contribution in [0.4, 0.5) is 24.9 Å². The molecule has 1 aromatic heterocycles. The minimum Gasteiger partial charge on any atom is -0.425 e. The Bertz CT molecular complexity index is 909. The number of thioether (sulfide) groups is 1. The van der Waals surface area contributed by atoms with E-state index in [0.29, 0.717) is 19.6 Å². The van der Waals surface area contributed by atoms with Crippen LogP contribution in [-0.4, -0.2) is 47.1 Å². The third-order valence-corrected chi connectivity index (χ3v) is 6.50. The molecule has 2 N–H and O–H groups in total. The van der Waals surface area contributed by atoms with Crippen LogP contribution in [0, 0.1) is 5.92 Å². The van der Waals surface area contributed by atoms with Gasteiger partial charge in [0.25, 0.3) is 6.01 Å². The van der Waals surface area contributed by atoms with Crippen molar-refractivity contribution in [3.05, 3.63) is 35.2 Å². The predicted molar refractivity (Wildman–Crippen MR) is 119 cm³/mol. The third kappa shape index (κ3) is 5.02. The van der Waals surface area contributed by atoms with Crippen LogP contribution in [0.15, 0.2) is 27.5 Å². The van der Waals surface area contributed by atoms with E-state index in [-0.39, 0.29) is 24.6 Å². The third-order valence-electron chi connectivity index (χ3n) is 5.68. The standard InChI is InChI=1S/C22H30F3N3O3S/c1-13(2)16-11-27(15-7-6-14(12-29)17(10-15)32-5)8-9-28(16)20-26-18(22(23,24)25)19(31-20)21(3,4)30/h6-7,10,13,16,29-30H,8-9,11-12H2,1-5H3. The second-order valence-corrected chi connectivity index (χ2v) is 9.68. The Morgan fingerprint density at radius 2 is 1.94 bits per heavy atom. The van der Waals surface area contributed by atoms with Crippen LogP contribution in [0.3, 0.4) is 0 Å². The maximum atomic E-state index is 13.6. The van der Waals surface area contributed by atoms with Crippen LogP contribution in [0.25, 0.3) is 0 Å². The quantitative estimate of drug-likeness (QED) is 0.599. The van der Waals surface area contributed by atoms with Gasteiger partial charge in [0.1, 0.15) is 5.60 Å². The van der Waals surface area contributed by atoms with Gasteiger partial charge in [0.05, 0.1) is 12.6 Å². The van der Waals surface area contributed by atoms with Gasteiger partial charge in [-0.15, -0.1) is 11.8 Å². The number of halogens is 3. The van der Waals surface area contributed by atoms with E-state index in [9.17, 15) is 23.4 Å². The van der Waals surface area contributed by atoms with Gasteiger partial charge in [-0.25, -0.2) is 0 Å². The molecule has 0 radical (unpaired) electrons. The number of alkyl halides is 3. The van der Waals surface area contributed by atoms with Crippen molar-refractivity contribution in [3.8, 4) is 0 Å². The average Bonchev–Trinajstić information content (AvgIpc) is 3.19. The molecule has 0 saturated carbocycles. The minimum absolute atomic E-state index is 0.0336. The van der Waals surface area contributed by atoms with Gasteiger partial charge < -0.3 is 24.4 Å². The molecule has 1 fully saturated rings. The summed E-state index contributed by atoms with van der Waals surface area (Å²) in [5, 5.41) is 19.7. The lowest BCUT2D eigenvalue weighted by Gasteiger charge is -2.43. The molecule has 10 heteroatoms. The Balaban J connectivity index is 1.92. The second kappa shape index (κ2) is 9.15. The molecule has 1 aliphatic rings. The molecule has 1 aliphatic heterocycles. The number of benzene rings is 1. The molecule has 1 saturated heterocycles. The van der Waals surface area contributed by atoms with Gasteiger partial charge in [-0.3, -0.25) is 0 Å². The van der Waals surface area contributed by atoms with Crippen molar-refractivity contribution in [3.63, 3.8) is 0 Å². The zero-order chi connectivity index (χ0) is 23.8. The molecular weight excluding hydrogens is 443 g/mol. The van der Waals surface area contributed by atoms with E-state index in [1.54, 1.807) is 16.7 Å². The van der Waals surface area contributed by atoms with Gasteiger partial charge in [0.15, 0.2) is 11.5 Å². The first-order valence-electron chi connectivity index (χ1n) is 10.5. The number of oxazole rings is 1. The van der Waals surface area contributed by atoms with Crippen molar-refractivity contribution in [2.45, 2.75) is 57.0 Å². The monoisotopic (exact) mass is 473 g/mol. The van der Waals surface area contributed by atoms with E-state index in [1.807, 2.05) is 38.3 Å². The summed E-state index contributed by atoms with van der Waals surface area (Å²) in [7, 11) is 0. The molecule has 3 rings (SSSR count).